The molecule has 1 unspecified atom stereocenters. The lowest BCUT2D eigenvalue weighted by atomic mass is 10.2. The maximum atomic E-state index is 11.8. The summed E-state index contributed by atoms with van der Waals surface area (Å²) >= 11 is 0. The van der Waals surface area contributed by atoms with Crippen LogP contribution in [0.4, 0.5) is 5.82 Å². The average Bonchev–Trinajstić information content (AvgIpc) is 2.44. The third-order valence-electron chi connectivity index (χ3n) is 2.97. The molecule has 1 rings (SSSR count). The number of rotatable bonds is 8. The Hall–Kier alpha value is -1.65. The fraction of sp³-hybridized carbons (Fsp3) is 0.643. The van der Waals surface area contributed by atoms with Gasteiger partial charge in [0.05, 0.1) is 0 Å². The van der Waals surface area contributed by atoms with Crippen LogP contribution in [0.1, 0.15) is 56.9 Å². The van der Waals surface area contributed by atoms with Crippen LogP contribution < -0.4 is 10.6 Å². The van der Waals surface area contributed by atoms with Crippen molar-refractivity contribution in [3.63, 3.8) is 0 Å². The number of anilines is 1. The van der Waals surface area contributed by atoms with Gasteiger partial charge in [-0.25, -0.2) is 0 Å². The zero-order chi connectivity index (χ0) is 14.1. The molecule has 2 N–H and O–H groups in total. The highest BCUT2D eigenvalue weighted by atomic mass is 16.1. The van der Waals surface area contributed by atoms with Crippen LogP contribution in [0.5, 0.6) is 0 Å². The standard InChI is InChI=1S/C14H24N4O/c1-4-6-7-10-15-14(19)12-8-9-13(18-17-12)16-11(3)5-2/h8-9,11H,4-7,10H2,1-3H3,(H,15,19)(H,16,18). The second-order valence-corrected chi connectivity index (χ2v) is 4.72. The molecule has 0 aromatic carbocycles. The zero-order valence-corrected chi connectivity index (χ0v) is 12.1. The number of amides is 1. The van der Waals surface area contributed by atoms with E-state index in [-0.39, 0.29) is 5.91 Å². The summed E-state index contributed by atoms with van der Waals surface area (Å²) < 4.78 is 0. The summed E-state index contributed by atoms with van der Waals surface area (Å²) in [5.41, 5.74) is 0.367. The van der Waals surface area contributed by atoms with Crippen molar-refractivity contribution < 1.29 is 4.79 Å². The van der Waals surface area contributed by atoms with E-state index in [1.54, 1.807) is 12.1 Å². The molecule has 0 aliphatic heterocycles. The Kier molecular flexibility index (Phi) is 6.85. The van der Waals surface area contributed by atoms with E-state index in [0.717, 1.165) is 25.7 Å². The van der Waals surface area contributed by atoms with Crippen molar-refractivity contribution >= 4 is 11.7 Å². The summed E-state index contributed by atoms with van der Waals surface area (Å²) in [6.07, 6.45) is 4.29. The van der Waals surface area contributed by atoms with Gasteiger partial charge in [-0.2, -0.15) is 0 Å². The van der Waals surface area contributed by atoms with Gasteiger partial charge in [0.15, 0.2) is 5.69 Å². The molecule has 0 radical (unpaired) electrons. The smallest absolute Gasteiger partial charge is 0.271 e. The van der Waals surface area contributed by atoms with Crippen LogP contribution in [-0.2, 0) is 0 Å². The predicted octanol–water partition coefficient (Wildman–Crippen LogP) is 2.61. The Morgan fingerprint density at radius 3 is 2.63 bits per heavy atom. The van der Waals surface area contributed by atoms with E-state index in [2.05, 4.69) is 41.6 Å². The minimum absolute atomic E-state index is 0.154. The maximum Gasteiger partial charge on any atom is 0.271 e. The lowest BCUT2D eigenvalue weighted by Gasteiger charge is -2.11. The zero-order valence-electron chi connectivity index (χ0n) is 12.1. The van der Waals surface area contributed by atoms with E-state index in [0.29, 0.717) is 24.1 Å². The first kappa shape index (κ1) is 15.4. The summed E-state index contributed by atoms with van der Waals surface area (Å²) in [4.78, 5) is 11.8. The van der Waals surface area contributed by atoms with E-state index >= 15 is 0 Å². The number of unbranched alkanes of at least 4 members (excludes halogenated alkanes) is 2. The molecule has 1 amide bonds. The van der Waals surface area contributed by atoms with Gasteiger partial charge in [-0.3, -0.25) is 4.79 Å². The quantitative estimate of drug-likeness (QED) is 0.708. The lowest BCUT2D eigenvalue weighted by Crippen LogP contribution is -2.25. The Morgan fingerprint density at radius 2 is 2.05 bits per heavy atom. The Labute approximate surface area is 115 Å². The molecule has 0 aliphatic carbocycles. The Bertz CT molecular complexity index is 378. The van der Waals surface area contributed by atoms with Gasteiger partial charge in [0.25, 0.3) is 5.91 Å². The third kappa shape index (κ3) is 5.68. The maximum absolute atomic E-state index is 11.8. The van der Waals surface area contributed by atoms with Gasteiger partial charge >= 0.3 is 0 Å². The number of hydrogen-bond acceptors (Lipinski definition) is 4. The van der Waals surface area contributed by atoms with Gasteiger partial charge in [0.1, 0.15) is 5.82 Å². The van der Waals surface area contributed by atoms with E-state index in [4.69, 9.17) is 0 Å². The first-order chi connectivity index (χ1) is 9.17. The molecular weight excluding hydrogens is 240 g/mol. The van der Waals surface area contributed by atoms with Crippen LogP contribution in [0, 0.1) is 0 Å². The third-order valence-corrected chi connectivity index (χ3v) is 2.97. The number of hydrogen-bond donors (Lipinski definition) is 2. The average molecular weight is 264 g/mol. The summed E-state index contributed by atoms with van der Waals surface area (Å²) in [6.45, 7) is 7.01. The molecule has 1 heterocycles. The van der Waals surface area contributed by atoms with Crippen molar-refractivity contribution in [1.82, 2.24) is 15.5 Å². The number of aromatic nitrogens is 2. The molecule has 0 spiro atoms. The molecule has 1 aromatic heterocycles. The van der Waals surface area contributed by atoms with E-state index in [1.165, 1.54) is 0 Å². The molecule has 106 valence electrons. The molecular formula is C14H24N4O. The monoisotopic (exact) mass is 264 g/mol. The van der Waals surface area contributed by atoms with Crippen LogP contribution in [0.2, 0.25) is 0 Å². The van der Waals surface area contributed by atoms with E-state index in [9.17, 15) is 4.79 Å². The van der Waals surface area contributed by atoms with E-state index in [1.807, 2.05) is 0 Å². The SMILES string of the molecule is CCCCCNC(=O)c1ccc(NC(C)CC)nn1. The Balaban J connectivity index is 2.44. The number of carbonyl (C=O) groups is 1. The van der Waals surface area contributed by atoms with Gasteiger partial charge in [0.2, 0.25) is 0 Å². The van der Waals surface area contributed by atoms with Gasteiger partial charge < -0.3 is 10.6 Å². The van der Waals surface area contributed by atoms with Crippen molar-refractivity contribution in [2.75, 3.05) is 11.9 Å². The highest BCUT2D eigenvalue weighted by molar-refractivity contribution is 5.92. The fourth-order valence-corrected chi connectivity index (χ4v) is 1.55. The summed E-state index contributed by atoms with van der Waals surface area (Å²) in [7, 11) is 0. The minimum Gasteiger partial charge on any atom is -0.366 e. The summed E-state index contributed by atoms with van der Waals surface area (Å²) in [5.74, 6) is 0.551. The number of carbonyl (C=O) groups excluding carboxylic acids is 1. The van der Waals surface area contributed by atoms with Gasteiger partial charge in [-0.15, -0.1) is 10.2 Å². The second-order valence-electron chi connectivity index (χ2n) is 4.72. The van der Waals surface area contributed by atoms with Crippen LogP contribution in [0.15, 0.2) is 12.1 Å². The minimum atomic E-state index is -0.154. The predicted molar refractivity (Wildman–Crippen MR) is 77.3 cm³/mol. The lowest BCUT2D eigenvalue weighted by molar-refractivity contribution is 0.0947. The van der Waals surface area contributed by atoms with Crippen molar-refractivity contribution in [3.05, 3.63) is 17.8 Å². The van der Waals surface area contributed by atoms with Gasteiger partial charge in [-0.1, -0.05) is 26.7 Å². The molecule has 0 fully saturated rings. The van der Waals surface area contributed by atoms with Crippen molar-refractivity contribution in [2.45, 2.75) is 52.5 Å². The van der Waals surface area contributed by atoms with Crippen LogP contribution >= 0.6 is 0 Å². The molecule has 1 aromatic rings. The molecule has 0 aliphatic rings. The molecule has 19 heavy (non-hydrogen) atoms. The summed E-state index contributed by atoms with van der Waals surface area (Å²) in [5, 5.41) is 14.0. The van der Waals surface area contributed by atoms with Crippen molar-refractivity contribution in [2.24, 2.45) is 0 Å². The van der Waals surface area contributed by atoms with Crippen LogP contribution in [-0.4, -0.2) is 28.7 Å². The second kappa shape index (κ2) is 8.45. The molecule has 1 atom stereocenters. The van der Waals surface area contributed by atoms with Crippen LogP contribution in [0.25, 0.3) is 0 Å². The topological polar surface area (TPSA) is 66.9 Å². The number of nitrogens with zero attached hydrogens (tertiary/aromatic N) is 2. The Morgan fingerprint density at radius 1 is 1.26 bits per heavy atom. The summed E-state index contributed by atoms with van der Waals surface area (Å²) in [6, 6.07) is 3.84. The van der Waals surface area contributed by atoms with Crippen LogP contribution in [0.3, 0.4) is 0 Å². The first-order valence-electron chi connectivity index (χ1n) is 7.05. The fourth-order valence-electron chi connectivity index (χ4n) is 1.55. The van der Waals surface area contributed by atoms with Gasteiger partial charge in [0, 0.05) is 12.6 Å². The highest BCUT2D eigenvalue weighted by Gasteiger charge is 2.08. The van der Waals surface area contributed by atoms with E-state index < -0.39 is 0 Å². The first-order valence-corrected chi connectivity index (χ1v) is 7.05. The highest BCUT2D eigenvalue weighted by Crippen LogP contribution is 2.05. The molecule has 0 saturated heterocycles. The molecule has 0 bridgehead atoms. The normalized spacial score (nSPS) is 11.9. The van der Waals surface area contributed by atoms with Gasteiger partial charge in [-0.05, 0) is 31.9 Å². The van der Waals surface area contributed by atoms with Crippen molar-refractivity contribution in [3.8, 4) is 0 Å². The molecule has 5 nitrogen and oxygen atoms in total. The van der Waals surface area contributed by atoms with Crippen molar-refractivity contribution in [1.29, 1.82) is 0 Å². The molecule has 0 saturated carbocycles. The number of nitrogens with one attached hydrogen (secondary N) is 2. The molecule has 5 heteroatoms. The largest absolute Gasteiger partial charge is 0.366 e.